The molecule has 2 N–H and O–H groups in total. The molecule has 0 radical (unpaired) electrons. The van der Waals surface area contributed by atoms with Gasteiger partial charge < -0.3 is 14.9 Å². The van der Waals surface area contributed by atoms with Gasteiger partial charge in [0.2, 0.25) is 0 Å². The van der Waals surface area contributed by atoms with Crippen molar-refractivity contribution in [1.82, 2.24) is 0 Å². The largest absolute Gasteiger partial charge is 0.507 e. The zero-order chi connectivity index (χ0) is 43.3. The summed E-state index contributed by atoms with van der Waals surface area (Å²) < 4.78 is 6.60. The Morgan fingerprint density at radius 3 is 1.93 bits per heavy atom. The van der Waals surface area contributed by atoms with Crippen molar-refractivity contribution in [1.29, 1.82) is 0 Å². The Morgan fingerprint density at radius 1 is 0.678 bits per heavy atom. The van der Waals surface area contributed by atoms with E-state index in [-0.39, 0.29) is 11.7 Å². The third-order valence-corrected chi connectivity index (χ3v) is 18.1. The second-order valence-electron chi connectivity index (χ2n) is 23.6. The lowest BCUT2D eigenvalue weighted by atomic mass is 9.47. The van der Waals surface area contributed by atoms with Gasteiger partial charge in [0.15, 0.2) is 0 Å². The van der Waals surface area contributed by atoms with Crippen molar-refractivity contribution in [2.24, 2.45) is 64.1 Å². The van der Waals surface area contributed by atoms with Gasteiger partial charge in [0, 0.05) is 5.56 Å². The van der Waals surface area contributed by atoms with Crippen LogP contribution in [0.25, 0.3) is 0 Å². The predicted octanol–water partition coefficient (Wildman–Crippen LogP) is 16.2. The molecule has 1 aromatic rings. The summed E-state index contributed by atoms with van der Waals surface area (Å²) in [6, 6.07) is 0. The molecule has 0 amide bonds. The van der Waals surface area contributed by atoms with Crippen molar-refractivity contribution in [2.75, 3.05) is 0 Å². The molecule has 0 spiro atoms. The summed E-state index contributed by atoms with van der Waals surface area (Å²) in [5.41, 5.74) is 6.83. The Labute approximate surface area is 366 Å². The van der Waals surface area contributed by atoms with Gasteiger partial charge in [0.05, 0.1) is 6.10 Å². The van der Waals surface area contributed by atoms with E-state index < -0.39 is 0 Å². The Balaban J connectivity index is 0.000000225. The van der Waals surface area contributed by atoms with E-state index in [2.05, 4.69) is 82.2 Å². The van der Waals surface area contributed by atoms with E-state index in [1.54, 1.807) is 5.57 Å². The summed E-state index contributed by atoms with van der Waals surface area (Å²) in [6.07, 6.45) is 31.2. The van der Waals surface area contributed by atoms with Crippen molar-refractivity contribution in [3.05, 3.63) is 33.9 Å². The minimum absolute atomic E-state index is 0.0712. The monoisotopic (exact) mass is 817 g/mol. The van der Waals surface area contributed by atoms with Crippen LogP contribution in [0, 0.1) is 84.9 Å². The van der Waals surface area contributed by atoms with Crippen LogP contribution in [0.4, 0.5) is 0 Å². The van der Waals surface area contributed by atoms with Crippen LogP contribution < -0.4 is 4.74 Å². The number of ether oxygens (including phenoxy) is 1. The van der Waals surface area contributed by atoms with Gasteiger partial charge in [0.25, 0.3) is 0 Å². The molecule has 0 bridgehead atoms. The molecule has 5 aliphatic rings. The van der Waals surface area contributed by atoms with Crippen LogP contribution in [0.1, 0.15) is 226 Å². The van der Waals surface area contributed by atoms with Crippen LogP contribution in [-0.4, -0.2) is 21.9 Å². The quantitative estimate of drug-likeness (QED) is 0.154. The lowest BCUT2D eigenvalue weighted by Gasteiger charge is -2.58. The fourth-order valence-corrected chi connectivity index (χ4v) is 13.9. The molecule has 6 rings (SSSR count). The fourth-order valence-electron chi connectivity index (χ4n) is 13.9. The van der Waals surface area contributed by atoms with Gasteiger partial charge in [-0.3, -0.25) is 0 Å². The number of hydrogen-bond acceptors (Lipinski definition) is 3. The van der Waals surface area contributed by atoms with Gasteiger partial charge in [-0.2, -0.15) is 0 Å². The number of allylic oxidation sites excluding steroid dienone is 1. The summed E-state index contributed by atoms with van der Waals surface area (Å²) in [7, 11) is 0. The Kier molecular flexibility index (Phi) is 17.1. The summed E-state index contributed by atoms with van der Waals surface area (Å²) in [4.78, 5) is 0. The number of phenolic OH excluding ortho intramolecular Hbond substituents is 1. The van der Waals surface area contributed by atoms with Crippen LogP contribution in [-0.2, 0) is 6.42 Å². The average Bonchev–Trinajstić information content (AvgIpc) is 3.53. The van der Waals surface area contributed by atoms with Gasteiger partial charge in [0.1, 0.15) is 17.1 Å². The standard InChI is InChI=1S/C29H50O2.C27H46O/c1-20(2)12-9-13-21(3)14-10-15-22(4)16-11-18-29(8)19-17-26-25(7)27(30)23(5)24(6)28(26)31-29;1-18(2)7-6-8-19(3)23-11-12-24-22-10-9-20-17-21(28)13-15-26(20,4)25(22)14-16-27(23,24)5/h20-22,30H,9-19H2,1-8H3;9,18-19,21-25,28H,6-8,10-17H2,1-5H3/t21-,22?,29-;/m0./s1. The van der Waals surface area contributed by atoms with E-state index in [0.29, 0.717) is 16.6 Å². The predicted molar refractivity (Wildman–Crippen MR) is 253 cm³/mol. The molecule has 338 valence electrons. The molecule has 3 nitrogen and oxygen atoms in total. The summed E-state index contributed by atoms with van der Waals surface area (Å²) in [5, 5.41) is 20.6. The molecule has 11 atom stereocenters. The molecule has 3 saturated carbocycles. The first-order chi connectivity index (χ1) is 27.8. The zero-order valence-electron chi connectivity index (χ0n) is 41.2. The van der Waals surface area contributed by atoms with E-state index in [0.717, 1.165) is 108 Å². The van der Waals surface area contributed by atoms with Crippen LogP contribution in [0.2, 0.25) is 0 Å². The zero-order valence-corrected chi connectivity index (χ0v) is 41.2. The molecule has 59 heavy (non-hydrogen) atoms. The van der Waals surface area contributed by atoms with Crippen molar-refractivity contribution in [3.8, 4) is 11.5 Å². The van der Waals surface area contributed by atoms with Gasteiger partial charge in [-0.25, -0.2) is 0 Å². The third kappa shape index (κ3) is 11.6. The molecule has 4 aliphatic carbocycles. The third-order valence-electron chi connectivity index (χ3n) is 18.1. The summed E-state index contributed by atoms with van der Waals surface area (Å²) in [5.74, 6) is 9.49. The maximum Gasteiger partial charge on any atom is 0.127 e. The first-order valence-electron chi connectivity index (χ1n) is 25.7. The van der Waals surface area contributed by atoms with Crippen LogP contribution in [0.15, 0.2) is 11.6 Å². The minimum atomic E-state index is -0.0766. The van der Waals surface area contributed by atoms with Gasteiger partial charge in [-0.1, -0.05) is 138 Å². The highest BCUT2D eigenvalue weighted by Gasteiger charge is 2.59. The molecule has 0 aromatic heterocycles. The van der Waals surface area contributed by atoms with E-state index in [4.69, 9.17) is 4.74 Å². The van der Waals surface area contributed by atoms with E-state index >= 15 is 0 Å². The minimum Gasteiger partial charge on any atom is -0.507 e. The molecule has 0 saturated heterocycles. The Morgan fingerprint density at radius 2 is 1.29 bits per heavy atom. The second kappa shape index (κ2) is 20.8. The van der Waals surface area contributed by atoms with E-state index in [1.165, 1.54) is 115 Å². The van der Waals surface area contributed by atoms with Crippen molar-refractivity contribution < 1.29 is 14.9 Å². The Bertz CT molecular complexity index is 1520. The number of fused-ring (bicyclic) bond motifs is 6. The topological polar surface area (TPSA) is 49.7 Å². The SMILES string of the molecule is CC(C)CCCC(C)C1CCC2C3CC=C4CC(O)CCC4(C)C3CCC12C.Cc1c(C)c2c(c(C)c1O)CC[C@](C)(CCCC(C)CCC[C@@H](C)CCCC(C)C)O2. The second-order valence-corrected chi connectivity index (χ2v) is 23.6. The lowest BCUT2D eigenvalue weighted by molar-refractivity contribution is -0.0573. The number of hydrogen-bond donors (Lipinski definition) is 2. The number of phenols is 1. The smallest absolute Gasteiger partial charge is 0.127 e. The molecule has 1 aliphatic heterocycles. The Hall–Kier alpha value is -1.48. The number of benzene rings is 1. The fraction of sp³-hybridized carbons (Fsp3) is 0.857. The maximum absolute atomic E-state index is 10.4. The van der Waals surface area contributed by atoms with Crippen LogP contribution in [0.3, 0.4) is 0 Å². The normalized spacial score (nSPS) is 32.8. The molecule has 1 heterocycles. The number of rotatable bonds is 17. The summed E-state index contributed by atoms with van der Waals surface area (Å²) >= 11 is 0. The molecule has 3 heteroatoms. The first-order valence-corrected chi connectivity index (χ1v) is 25.7. The van der Waals surface area contributed by atoms with E-state index in [1.807, 2.05) is 13.8 Å². The van der Waals surface area contributed by atoms with Gasteiger partial charge >= 0.3 is 0 Å². The average molecular weight is 817 g/mol. The van der Waals surface area contributed by atoms with Crippen LogP contribution in [0.5, 0.6) is 11.5 Å². The van der Waals surface area contributed by atoms with E-state index in [9.17, 15) is 10.2 Å². The molecule has 3 fully saturated rings. The molecule has 1 aromatic carbocycles. The summed E-state index contributed by atoms with van der Waals surface area (Å²) in [6.45, 7) is 30.5. The highest BCUT2D eigenvalue weighted by Crippen LogP contribution is 2.67. The van der Waals surface area contributed by atoms with Crippen molar-refractivity contribution in [2.45, 2.75) is 243 Å². The highest BCUT2D eigenvalue weighted by atomic mass is 16.5. The maximum atomic E-state index is 10.4. The number of aliphatic hydroxyl groups excluding tert-OH is 1. The molecular formula is C56H96O3. The van der Waals surface area contributed by atoms with Crippen LogP contribution >= 0.6 is 0 Å². The van der Waals surface area contributed by atoms with Gasteiger partial charge in [-0.15, -0.1) is 0 Å². The van der Waals surface area contributed by atoms with Crippen molar-refractivity contribution in [3.63, 3.8) is 0 Å². The molecular weight excluding hydrogens is 721 g/mol. The van der Waals surface area contributed by atoms with Crippen molar-refractivity contribution >= 4 is 0 Å². The lowest BCUT2D eigenvalue weighted by Crippen LogP contribution is -2.50. The number of aromatic hydroxyl groups is 1. The number of aliphatic hydroxyl groups is 1. The van der Waals surface area contributed by atoms with Gasteiger partial charge in [-0.05, 0) is 186 Å². The highest BCUT2D eigenvalue weighted by molar-refractivity contribution is 5.58. The first kappa shape index (κ1) is 48.6. The molecule has 9 unspecified atom stereocenters.